The quantitative estimate of drug-likeness (QED) is 0.806. The zero-order chi connectivity index (χ0) is 18.7. The highest BCUT2D eigenvalue weighted by atomic mass is 16.5. The Morgan fingerprint density at radius 3 is 2.46 bits per heavy atom. The van der Waals surface area contributed by atoms with Crippen LogP contribution >= 0.6 is 0 Å². The first-order valence-electron chi connectivity index (χ1n) is 9.60. The Morgan fingerprint density at radius 2 is 1.85 bits per heavy atom. The van der Waals surface area contributed by atoms with Gasteiger partial charge >= 0.3 is 0 Å². The molecule has 2 fully saturated rings. The fraction of sp³-hybridized carbons (Fsp3) is 0.650. The van der Waals surface area contributed by atoms with Crippen LogP contribution in [0.25, 0.3) is 0 Å². The monoisotopic (exact) mass is 361 g/mol. The Labute approximate surface area is 156 Å². The number of anilines is 1. The molecule has 0 spiro atoms. The standard InChI is InChI=1S/C20H31N3O3/c1-13-11-23(12-14(2)26-13)17-7-5-16(6-8-17)22-20(24)15-4-9-18(21)19(10-15)25-3/h4,9-10,13-14,16-17H,5-8,11-12,21H2,1-3H3,(H,22,24)/t13-,14+,16?,17?. The first-order valence-corrected chi connectivity index (χ1v) is 9.60. The molecule has 6 nitrogen and oxygen atoms in total. The summed E-state index contributed by atoms with van der Waals surface area (Å²) in [5, 5.41) is 3.17. The van der Waals surface area contributed by atoms with Crippen LogP contribution < -0.4 is 15.8 Å². The van der Waals surface area contributed by atoms with Gasteiger partial charge < -0.3 is 20.5 Å². The molecule has 3 rings (SSSR count). The van der Waals surface area contributed by atoms with Crippen LogP contribution in [-0.4, -0.2) is 55.3 Å². The molecule has 144 valence electrons. The van der Waals surface area contributed by atoms with E-state index in [1.165, 1.54) is 0 Å². The van der Waals surface area contributed by atoms with Crippen LogP contribution in [0.5, 0.6) is 5.75 Å². The number of nitrogens with one attached hydrogen (secondary N) is 1. The van der Waals surface area contributed by atoms with Gasteiger partial charge in [0.15, 0.2) is 0 Å². The molecule has 1 aromatic carbocycles. The fourth-order valence-electron chi connectivity index (χ4n) is 4.22. The van der Waals surface area contributed by atoms with Crippen molar-refractivity contribution >= 4 is 11.6 Å². The van der Waals surface area contributed by atoms with Crippen LogP contribution in [0.3, 0.4) is 0 Å². The summed E-state index contributed by atoms with van der Waals surface area (Å²) >= 11 is 0. The second-order valence-corrected chi connectivity index (χ2v) is 7.65. The summed E-state index contributed by atoms with van der Waals surface area (Å²) in [6.07, 6.45) is 4.88. The minimum atomic E-state index is -0.0552. The number of benzene rings is 1. The van der Waals surface area contributed by atoms with Crippen molar-refractivity contribution in [3.63, 3.8) is 0 Å². The van der Waals surface area contributed by atoms with E-state index in [0.29, 0.717) is 35.3 Å². The van der Waals surface area contributed by atoms with Crippen molar-refractivity contribution in [2.45, 2.75) is 63.8 Å². The van der Waals surface area contributed by atoms with Crippen LogP contribution in [0.15, 0.2) is 18.2 Å². The fourth-order valence-corrected chi connectivity index (χ4v) is 4.22. The molecule has 1 amide bonds. The summed E-state index contributed by atoms with van der Waals surface area (Å²) in [6, 6.07) is 6.00. The van der Waals surface area contributed by atoms with Crippen molar-refractivity contribution in [1.82, 2.24) is 10.2 Å². The number of amides is 1. The average Bonchev–Trinajstić information content (AvgIpc) is 2.62. The molecule has 2 atom stereocenters. The third-order valence-electron chi connectivity index (χ3n) is 5.49. The highest BCUT2D eigenvalue weighted by Gasteiger charge is 2.31. The molecule has 0 radical (unpaired) electrons. The van der Waals surface area contributed by atoms with Gasteiger partial charge in [-0.05, 0) is 57.7 Å². The van der Waals surface area contributed by atoms with Crippen molar-refractivity contribution in [1.29, 1.82) is 0 Å². The van der Waals surface area contributed by atoms with Crippen LogP contribution in [-0.2, 0) is 4.74 Å². The summed E-state index contributed by atoms with van der Waals surface area (Å²) < 4.78 is 11.0. The first-order chi connectivity index (χ1) is 12.5. The molecule has 0 aromatic heterocycles. The summed E-state index contributed by atoms with van der Waals surface area (Å²) in [7, 11) is 1.56. The maximum atomic E-state index is 12.5. The molecular weight excluding hydrogens is 330 g/mol. The third kappa shape index (κ3) is 4.48. The van der Waals surface area contributed by atoms with E-state index in [0.717, 1.165) is 38.8 Å². The zero-order valence-electron chi connectivity index (χ0n) is 16.0. The molecule has 1 saturated heterocycles. The number of nitrogens with zero attached hydrogens (tertiary/aromatic N) is 1. The molecule has 2 aliphatic rings. The van der Waals surface area contributed by atoms with Crippen molar-refractivity contribution in [3.8, 4) is 5.75 Å². The smallest absolute Gasteiger partial charge is 0.251 e. The van der Waals surface area contributed by atoms with Crippen LogP contribution in [0.4, 0.5) is 5.69 Å². The van der Waals surface area contributed by atoms with Gasteiger partial charge in [-0.25, -0.2) is 0 Å². The molecule has 26 heavy (non-hydrogen) atoms. The number of hydrogen-bond donors (Lipinski definition) is 2. The number of methoxy groups -OCH3 is 1. The van der Waals surface area contributed by atoms with E-state index < -0.39 is 0 Å². The summed E-state index contributed by atoms with van der Waals surface area (Å²) in [5.41, 5.74) is 6.95. The van der Waals surface area contributed by atoms with Crippen molar-refractivity contribution < 1.29 is 14.3 Å². The number of ether oxygens (including phenoxy) is 2. The molecule has 1 saturated carbocycles. The normalized spacial score (nSPS) is 30.0. The summed E-state index contributed by atoms with van der Waals surface area (Å²) in [5.74, 6) is 0.484. The van der Waals surface area contributed by atoms with E-state index in [1.807, 2.05) is 0 Å². The Bertz CT molecular complexity index is 619. The lowest BCUT2D eigenvalue weighted by molar-refractivity contribution is -0.0845. The number of carbonyl (C=O) groups excluding carboxylic acids is 1. The van der Waals surface area contributed by atoms with E-state index in [-0.39, 0.29) is 11.9 Å². The molecule has 1 aliphatic heterocycles. The third-order valence-corrected chi connectivity index (χ3v) is 5.49. The summed E-state index contributed by atoms with van der Waals surface area (Å²) in [6.45, 7) is 6.32. The topological polar surface area (TPSA) is 76.8 Å². The molecule has 0 unspecified atom stereocenters. The van der Waals surface area contributed by atoms with E-state index >= 15 is 0 Å². The predicted molar refractivity (Wildman–Crippen MR) is 102 cm³/mol. The number of morpholine rings is 1. The van der Waals surface area contributed by atoms with E-state index in [1.54, 1.807) is 25.3 Å². The van der Waals surface area contributed by atoms with Gasteiger partial charge in [0, 0.05) is 30.7 Å². The van der Waals surface area contributed by atoms with Crippen molar-refractivity contribution in [2.75, 3.05) is 25.9 Å². The molecule has 0 bridgehead atoms. The highest BCUT2D eigenvalue weighted by molar-refractivity contribution is 5.95. The minimum Gasteiger partial charge on any atom is -0.495 e. The second-order valence-electron chi connectivity index (χ2n) is 7.65. The molecule has 1 aliphatic carbocycles. The molecule has 1 aromatic rings. The number of hydrogen-bond acceptors (Lipinski definition) is 5. The lowest BCUT2D eigenvalue weighted by Crippen LogP contribution is -2.52. The van der Waals surface area contributed by atoms with Gasteiger partial charge in [0.1, 0.15) is 5.75 Å². The zero-order valence-corrected chi connectivity index (χ0v) is 16.0. The van der Waals surface area contributed by atoms with Gasteiger partial charge in [-0.15, -0.1) is 0 Å². The average molecular weight is 361 g/mol. The first kappa shape index (κ1) is 19.0. The van der Waals surface area contributed by atoms with Gasteiger partial charge in [-0.1, -0.05) is 0 Å². The number of carbonyl (C=O) groups is 1. The highest BCUT2D eigenvalue weighted by Crippen LogP contribution is 2.27. The second kappa shape index (κ2) is 8.27. The SMILES string of the molecule is COc1cc(C(=O)NC2CCC(N3C[C@@H](C)O[C@@H](C)C3)CC2)ccc1N. The molecule has 1 heterocycles. The lowest BCUT2D eigenvalue weighted by Gasteiger charge is -2.42. The van der Waals surface area contributed by atoms with E-state index in [4.69, 9.17) is 15.2 Å². The maximum absolute atomic E-state index is 12.5. The van der Waals surface area contributed by atoms with Crippen LogP contribution in [0.2, 0.25) is 0 Å². The number of nitrogen functional groups attached to an aromatic ring is 1. The van der Waals surface area contributed by atoms with Crippen LogP contribution in [0, 0.1) is 0 Å². The van der Waals surface area contributed by atoms with Gasteiger partial charge in [0.2, 0.25) is 0 Å². The van der Waals surface area contributed by atoms with Crippen molar-refractivity contribution in [3.05, 3.63) is 23.8 Å². The van der Waals surface area contributed by atoms with Gasteiger partial charge in [-0.2, -0.15) is 0 Å². The Morgan fingerprint density at radius 1 is 1.19 bits per heavy atom. The van der Waals surface area contributed by atoms with E-state index in [9.17, 15) is 4.79 Å². The van der Waals surface area contributed by atoms with E-state index in [2.05, 4.69) is 24.1 Å². The van der Waals surface area contributed by atoms with Gasteiger partial charge in [-0.3, -0.25) is 9.69 Å². The largest absolute Gasteiger partial charge is 0.495 e. The number of nitrogens with two attached hydrogens (primary N) is 1. The predicted octanol–water partition coefficient (Wildman–Crippen LogP) is 2.43. The van der Waals surface area contributed by atoms with Crippen molar-refractivity contribution in [2.24, 2.45) is 0 Å². The molecule has 3 N–H and O–H groups in total. The Hall–Kier alpha value is -1.79. The lowest BCUT2D eigenvalue weighted by atomic mass is 9.89. The Kier molecular flexibility index (Phi) is 6.04. The van der Waals surface area contributed by atoms with Gasteiger partial charge in [0.05, 0.1) is 25.0 Å². The number of rotatable bonds is 4. The summed E-state index contributed by atoms with van der Waals surface area (Å²) in [4.78, 5) is 15.1. The molecule has 6 heteroatoms. The molecular formula is C20H31N3O3. The Balaban J connectivity index is 1.51. The van der Waals surface area contributed by atoms with Gasteiger partial charge in [0.25, 0.3) is 5.91 Å². The van der Waals surface area contributed by atoms with Crippen LogP contribution in [0.1, 0.15) is 49.9 Å². The minimum absolute atomic E-state index is 0.0552. The maximum Gasteiger partial charge on any atom is 0.251 e.